The van der Waals surface area contributed by atoms with Gasteiger partial charge in [0.25, 0.3) is 5.91 Å². The van der Waals surface area contributed by atoms with Crippen molar-refractivity contribution in [3.8, 4) is 0 Å². The summed E-state index contributed by atoms with van der Waals surface area (Å²) in [5.41, 5.74) is 0.283. The Balaban J connectivity index is 2.23. The summed E-state index contributed by atoms with van der Waals surface area (Å²) < 4.78 is 3.12. The van der Waals surface area contributed by atoms with Gasteiger partial charge < -0.3 is 10.4 Å². The first-order valence-corrected chi connectivity index (χ1v) is 9.79. The summed E-state index contributed by atoms with van der Waals surface area (Å²) in [5, 5.41) is 12.8. The minimum atomic E-state index is -0.425. The molecule has 2 N–H and O–H groups in total. The molecule has 1 saturated carbocycles. The lowest BCUT2D eigenvalue weighted by Gasteiger charge is -2.36. The summed E-state index contributed by atoms with van der Waals surface area (Å²) in [6.45, 7) is 0.0241. The maximum Gasteiger partial charge on any atom is 0.252 e. The maximum atomic E-state index is 12.6. The summed E-state index contributed by atoms with van der Waals surface area (Å²) in [5.74, 6) is -0.0678. The van der Waals surface area contributed by atoms with E-state index in [4.69, 9.17) is 0 Å². The molecule has 1 aliphatic carbocycles. The Kier molecular flexibility index (Phi) is 6.37. The van der Waals surface area contributed by atoms with Crippen LogP contribution in [0.4, 0.5) is 0 Å². The van der Waals surface area contributed by atoms with E-state index < -0.39 is 5.54 Å². The van der Waals surface area contributed by atoms with E-state index in [9.17, 15) is 9.90 Å². The highest BCUT2D eigenvalue weighted by atomic mass is 127. The Hall–Kier alpha value is 0.840. The van der Waals surface area contributed by atoms with Crippen molar-refractivity contribution in [1.82, 2.24) is 5.32 Å². The molecular weight excluding hydrogens is 595 g/mol. The highest BCUT2D eigenvalue weighted by Gasteiger charge is 2.33. The molecule has 1 aliphatic rings. The van der Waals surface area contributed by atoms with E-state index in [1.807, 2.05) is 6.07 Å². The van der Waals surface area contributed by atoms with Crippen molar-refractivity contribution < 1.29 is 9.90 Å². The number of hydrogen-bond acceptors (Lipinski definition) is 2. The van der Waals surface area contributed by atoms with Gasteiger partial charge in [0, 0.05) is 10.7 Å². The standard InChI is InChI=1S/C14H16I3NO2/c15-9-6-10(12(17)11(16)7-9)13(20)18-14(8-19)4-2-1-3-5-14/h6-7,19H,1-5,8H2,(H,18,20). The van der Waals surface area contributed by atoms with E-state index in [1.165, 1.54) is 6.42 Å². The van der Waals surface area contributed by atoms with E-state index in [2.05, 4.69) is 79.2 Å². The number of amides is 1. The fourth-order valence-electron chi connectivity index (χ4n) is 2.58. The zero-order valence-electron chi connectivity index (χ0n) is 10.9. The molecule has 110 valence electrons. The van der Waals surface area contributed by atoms with E-state index in [-0.39, 0.29) is 12.5 Å². The second kappa shape index (κ2) is 7.40. The minimum Gasteiger partial charge on any atom is -0.394 e. The quantitative estimate of drug-likeness (QED) is 0.403. The Labute approximate surface area is 160 Å². The molecule has 1 amide bonds. The van der Waals surface area contributed by atoms with Crippen LogP contribution in [0.2, 0.25) is 0 Å². The highest BCUT2D eigenvalue weighted by Crippen LogP contribution is 2.29. The van der Waals surface area contributed by atoms with Gasteiger partial charge in [-0.2, -0.15) is 0 Å². The van der Waals surface area contributed by atoms with Crippen LogP contribution in [0.15, 0.2) is 12.1 Å². The third-order valence-corrected chi connectivity index (χ3v) is 7.40. The molecule has 0 spiro atoms. The molecular formula is C14H16I3NO2. The number of nitrogens with one attached hydrogen (secondary N) is 1. The third kappa shape index (κ3) is 3.97. The number of halogens is 3. The van der Waals surface area contributed by atoms with Gasteiger partial charge in [-0.3, -0.25) is 4.79 Å². The predicted octanol–water partition coefficient (Wildman–Crippen LogP) is 3.93. The van der Waals surface area contributed by atoms with Gasteiger partial charge in [-0.25, -0.2) is 0 Å². The average Bonchev–Trinajstić information content (AvgIpc) is 2.43. The Bertz CT molecular complexity index is 513. The van der Waals surface area contributed by atoms with Crippen molar-refractivity contribution in [2.24, 2.45) is 0 Å². The molecule has 0 aliphatic heterocycles. The molecule has 0 atom stereocenters. The predicted molar refractivity (Wildman–Crippen MR) is 105 cm³/mol. The van der Waals surface area contributed by atoms with Crippen LogP contribution in [0.25, 0.3) is 0 Å². The largest absolute Gasteiger partial charge is 0.394 e. The Morgan fingerprint density at radius 1 is 1.20 bits per heavy atom. The zero-order chi connectivity index (χ0) is 14.8. The molecule has 1 aromatic rings. The fourth-order valence-corrected chi connectivity index (χ4v) is 4.98. The first kappa shape index (κ1) is 17.2. The van der Waals surface area contributed by atoms with Crippen molar-refractivity contribution >= 4 is 73.7 Å². The van der Waals surface area contributed by atoms with E-state index in [0.717, 1.165) is 36.4 Å². The Morgan fingerprint density at radius 3 is 2.45 bits per heavy atom. The van der Waals surface area contributed by atoms with E-state index >= 15 is 0 Å². The van der Waals surface area contributed by atoms with Gasteiger partial charge in [0.1, 0.15) is 0 Å². The van der Waals surface area contributed by atoms with Crippen LogP contribution in [-0.4, -0.2) is 23.2 Å². The molecule has 2 rings (SSSR count). The van der Waals surface area contributed by atoms with Crippen LogP contribution in [0, 0.1) is 10.7 Å². The van der Waals surface area contributed by atoms with Crippen LogP contribution in [0.1, 0.15) is 42.5 Å². The number of carbonyl (C=O) groups excluding carboxylic acids is 1. The third-order valence-electron chi connectivity index (χ3n) is 3.73. The van der Waals surface area contributed by atoms with Crippen LogP contribution in [0.5, 0.6) is 0 Å². The topological polar surface area (TPSA) is 49.3 Å². The van der Waals surface area contributed by atoms with Crippen molar-refractivity contribution in [2.45, 2.75) is 37.6 Å². The number of aliphatic hydroxyl groups is 1. The second-order valence-electron chi connectivity index (χ2n) is 5.20. The number of carbonyl (C=O) groups is 1. The van der Waals surface area contributed by atoms with Crippen molar-refractivity contribution in [1.29, 1.82) is 0 Å². The van der Waals surface area contributed by atoms with Crippen LogP contribution in [0.3, 0.4) is 0 Å². The molecule has 6 heteroatoms. The second-order valence-corrected chi connectivity index (χ2v) is 8.69. The minimum absolute atomic E-state index is 0.0241. The molecule has 0 aromatic heterocycles. The number of hydrogen-bond donors (Lipinski definition) is 2. The van der Waals surface area contributed by atoms with Crippen LogP contribution in [-0.2, 0) is 0 Å². The number of rotatable bonds is 3. The number of aliphatic hydroxyl groups excluding tert-OH is 1. The van der Waals surface area contributed by atoms with Gasteiger partial charge >= 0.3 is 0 Å². The molecule has 1 aromatic carbocycles. The van der Waals surface area contributed by atoms with Gasteiger partial charge in [-0.05, 0) is 92.7 Å². The van der Waals surface area contributed by atoms with Crippen molar-refractivity contribution in [3.05, 3.63) is 28.4 Å². The molecule has 0 saturated heterocycles. The number of benzene rings is 1. The first-order valence-electron chi connectivity index (χ1n) is 6.55. The van der Waals surface area contributed by atoms with Crippen molar-refractivity contribution in [3.63, 3.8) is 0 Å². The highest BCUT2D eigenvalue weighted by molar-refractivity contribution is 14.1. The lowest BCUT2D eigenvalue weighted by atomic mass is 9.82. The monoisotopic (exact) mass is 611 g/mol. The molecule has 0 radical (unpaired) electrons. The lowest BCUT2D eigenvalue weighted by Crippen LogP contribution is -2.52. The molecule has 0 unspecified atom stereocenters. The maximum absolute atomic E-state index is 12.6. The smallest absolute Gasteiger partial charge is 0.252 e. The molecule has 0 heterocycles. The van der Waals surface area contributed by atoms with Crippen LogP contribution < -0.4 is 5.32 Å². The van der Waals surface area contributed by atoms with E-state index in [0.29, 0.717) is 5.56 Å². The summed E-state index contributed by atoms with van der Waals surface area (Å²) in [6.07, 6.45) is 5.07. The van der Waals surface area contributed by atoms with Gasteiger partial charge in [-0.1, -0.05) is 19.3 Å². The SMILES string of the molecule is O=C(NC1(CO)CCCCC1)c1cc(I)cc(I)c1I. The lowest BCUT2D eigenvalue weighted by molar-refractivity contribution is 0.0757. The molecule has 3 nitrogen and oxygen atoms in total. The fraction of sp³-hybridized carbons (Fsp3) is 0.500. The molecule has 20 heavy (non-hydrogen) atoms. The van der Waals surface area contributed by atoms with Gasteiger partial charge in [0.2, 0.25) is 0 Å². The normalized spacial score (nSPS) is 17.8. The zero-order valence-corrected chi connectivity index (χ0v) is 17.4. The summed E-state index contributed by atoms with van der Waals surface area (Å²) in [4.78, 5) is 12.6. The van der Waals surface area contributed by atoms with Crippen LogP contribution >= 0.6 is 67.8 Å². The van der Waals surface area contributed by atoms with Gasteiger partial charge in [-0.15, -0.1) is 0 Å². The summed E-state index contributed by atoms with van der Waals surface area (Å²) >= 11 is 6.69. The molecule has 1 fully saturated rings. The first-order chi connectivity index (χ1) is 9.47. The van der Waals surface area contributed by atoms with E-state index in [1.54, 1.807) is 0 Å². The molecule has 0 bridgehead atoms. The Morgan fingerprint density at radius 2 is 1.85 bits per heavy atom. The summed E-state index contributed by atoms with van der Waals surface area (Å²) in [6, 6.07) is 3.97. The summed E-state index contributed by atoms with van der Waals surface area (Å²) in [7, 11) is 0. The van der Waals surface area contributed by atoms with Gasteiger partial charge in [0.15, 0.2) is 0 Å². The van der Waals surface area contributed by atoms with Gasteiger partial charge in [0.05, 0.1) is 17.7 Å². The average molecular weight is 611 g/mol. The van der Waals surface area contributed by atoms with Crippen molar-refractivity contribution in [2.75, 3.05) is 6.61 Å².